The van der Waals surface area contributed by atoms with Crippen LogP contribution in [0.25, 0.3) is 0 Å². The highest BCUT2D eigenvalue weighted by molar-refractivity contribution is 5.74. The number of hydrogen-bond donors (Lipinski definition) is 1. The second kappa shape index (κ2) is 4.37. The first-order valence-electron chi connectivity index (χ1n) is 4.51. The van der Waals surface area contributed by atoms with E-state index in [4.69, 9.17) is 4.74 Å². The number of hydrogen-bond acceptors (Lipinski definition) is 3. The van der Waals surface area contributed by atoms with Crippen molar-refractivity contribution in [2.75, 3.05) is 13.2 Å². The quantitative estimate of drug-likeness (QED) is 0.512. The molecule has 0 aromatic rings. The van der Waals surface area contributed by atoms with Gasteiger partial charge in [0.15, 0.2) is 0 Å². The van der Waals surface area contributed by atoms with E-state index >= 15 is 0 Å². The Hall–Kier alpha value is -0.900. The van der Waals surface area contributed by atoms with Crippen LogP contribution in [-0.2, 0) is 9.53 Å². The molecule has 1 aliphatic rings. The van der Waals surface area contributed by atoms with Gasteiger partial charge in [0, 0.05) is 31.8 Å². The molecule has 0 bridgehead atoms. The smallest absolute Gasteiger partial charge is 0.236 e. The summed E-state index contributed by atoms with van der Waals surface area (Å²) in [6.07, 6.45) is 3.75. The van der Waals surface area contributed by atoms with E-state index in [0.717, 1.165) is 26.1 Å². The summed E-state index contributed by atoms with van der Waals surface area (Å²) < 4.78 is 5.24. The Morgan fingerprint density at radius 2 is 2.15 bits per heavy atom. The number of ether oxygens (including phenoxy) is 1. The fraction of sp³-hybridized carbons (Fsp3) is 0.778. The summed E-state index contributed by atoms with van der Waals surface area (Å²) in [6.45, 7) is 5.13. The monoisotopic (exact) mass is 184 g/mol. The Kier molecular flexibility index (Phi) is 3.42. The topological polar surface area (TPSA) is 50.7 Å². The van der Waals surface area contributed by atoms with Crippen molar-refractivity contribution in [2.24, 2.45) is 10.5 Å². The van der Waals surface area contributed by atoms with E-state index in [1.165, 1.54) is 6.92 Å². The lowest BCUT2D eigenvalue weighted by Gasteiger charge is -2.29. The summed E-state index contributed by atoms with van der Waals surface area (Å²) in [5, 5.41) is 3.89. The molecule has 1 aliphatic heterocycles. The molecule has 0 saturated carbocycles. The van der Waals surface area contributed by atoms with E-state index in [-0.39, 0.29) is 11.3 Å². The van der Waals surface area contributed by atoms with E-state index < -0.39 is 0 Å². The molecule has 0 aliphatic carbocycles. The first-order chi connectivity index (χ1) is 6.12. The molecule has 1 saturated heterocycles. The molecule has 0 atom stereocenters. The highest BCUT2D eigenvalue weighted by Crippen LogP contribution is 2.26. The van der Waals surface area contributed by atoms with Crippen molar-refractivity contribution in [1.29, 1.82) is 0 Å². The lowest BCUT2D eigenvalue weighted by molar-refractivity contribution is -0.118. The average Bonchev–Trinajstić information content (AvgIpc) is 2.04. The third-order valence-electron chi connectivity index (χ3n) is 2.23. The van der Waals surface area contributed by atoms with E-state index in [1.807, 2.05) is 6.21 Å². The van der Waals surface area contributed by atoms with Gasteiger partial charge >= 0.3 is 0 Å². The van der Waals surface area contributed by atoms with E-state index in [2.05, 4.69) is 17.5 Å². The average molecular weight is 184 g/mol. The highest BCUT2D eigenvalue weighted by Gasteiger charge is 2.25. The van der Waals surface area contributed by atoms with E-state index in [9.17, 15) is 4.79 Å². The molecule has 74 valence electrons. The van der Waals surface area contributed by atoms with Crippen molar-refractivity contribution >= 4 is 12.1 Å². The van der Waals surface area contributed by atoms with Crippen molar-refractivity contribution in [3.05, 3.63) is 0 Å². The Labute approximate surface area is 78.3 Å². The molecule has 1 N–H and O–H groups in total. The Morgan fingerprint density at radius 3 is 2.69 bits per heavy atom. The molecule has 1 heterocycles. The van der Waals surface area contributed by atoms with Crippen LogP contribution in [0.2, 0.25) is 0 Å². The van der Waals surface area contributed by atoms with Gasteiger partial charge in [0.1, 0.15) is 0 Å². The van der Waals surface area contributed by atoms with Gasteiger partial charge in [0.25, 0.3) is 0 Å². The number of carbonyl (C=O) groups is 1. The minimum Gasteiger partial charge on any atom is -0.381 e. The van der Waals surface area contributed by atoms with Crippen LogP contribution in [0.3, 0.4) is 0 Å². The highest BCUT2D eigenvalue weighted by atomic mass is 16.5. The van der Waals surface area contributed by atoms with Gasteiger partial charge in [0.2, 0.25) is 5.91 Å². The van der Waals surface area contributed by atoms with Crippen LogP contribution < -0.4 is 5.43 Å². The van der Waals surface area contributed by atoms with Crippen LogP contribution >= 0.6 is 0 Å². The van der Waals surface area contributed by atoms with Crippen LogP contribution in [0.15, 0.2) is 5.10 Å². The number of amides is 1. The first-order valence-corrected chi connectivity index (χ1v) is 4.51. The minimum atomic E-state index is -0.132. The van der Waals surface area contributed by atoms with Gasteiger partial charge in [-0.25, -0.2) is 5.43 Å². The normalized spacial score (nSPS) is 21.7. The SMILES string of the molecule is CC(=O)N/N=C/C1(C)CCOCC1. The molecule has 4 nitrogen and oxygen atoms in total. The molecule has 0 aromatic carbocycles. The molecule has 13 heavy (non-hydrogen) atoms. The number of hydrazone groups is 1. The number of nitrogens with zero attached hydrogens (tertiary/aromatic N) is 1. The lowest BCUT2D eigenvalue weighted by atomic mass is 9.84. The zero-order valence-corrected chi connectivity index (χ0v) is 8.17. The summed E-state index contributed by atoms with van der Waals surface area (Å²) in [4.78, 5) is 10.5. The summed E-state index contributed by atoms with van der Waals surface area (Å²) in [7, 11) is 0. The van der Waals surface area contributed by atoms with Crippen LogP contribution in [0.4, 0.5) is 0 Å². The van der Waals surface area contributed by atoms with Gasteiger partial charge < -0.3 is 4.74 Å². The summed E-state index contributed by atoms with van der Waals surface area (Å²) in [5.41, 5.74) is 2.49. The van der Waals surface area contributed by atoms with Crippen LogP contribution in [0.5, 0.6) is 0 Å². The maximum Gasteiger partial charge on any atom is 0.236 e. The molecule has 0 aromatic heterocycles. The largest absolute Gasteiger partial charge is 0.381 e. The molecular weight excluding hydrogens is 168 g/mol. The van der Waals surface area contributed by atoms with Crippen molar-refractivity contribution in [3.8, 4) is 0 Å². The number of nitrogens with one attached hydrogen (secondary N) is 1. The second-order valence-corrected chi connectivity index (χ2v) is 3.69. The predicted molar refractivity (Wildman–Crippen MR) is 50.5 cm³/mol. The Morgan fingerprint density at radius 1 is 1.54 bits per heavy atom. The summed E-state index contributed by atoms with van der Waals surface area (Å²) in [6, 6.07) is 0. The number of rotatable bonds is 2. The molecule has 0 radical (unpaired) electrons. The molecule has 0 unspecified atom stereocenters. The maximum atomic E-state index is 10.5. The van der Waals surface area contributed by atoms with E-state index in [0.29, 0.717) is 0 Å². The van der Waals surface area contributed by atoms with Gasteiger partial charge in [-0.3, -0.25) is 4.79 Å². The lowest BCUT2D eigenvalue weighted by Crippen LogP contribution is -2.29. The van der Waals surface area contributed by atoms with E-state index in [1.54, 1.807) is 0 Å². The standard InChI is InChI=1S/C9H16N2O2/c1-8(12)11-10-7-9(2)3-5-13-6-4-9/h7H,3-6H2,1-2H3,(H,11,12)/b10-7+. The van der Waals surface area contributed by atoms with Crippen molar-refractivity contribution in [1.82, 2.24) is 5.43 Å². The summed E-state index contributed by atoms with van der Waals surface area (Å²) in [5.74, 6) is -0.132. The summed E-state index contributed by atoms with van der Waals surface area (Å²) >= 11 is 0. The van der Waals surface area contributed by atoms with Crippen molar-refractivity contribution in [3.63, 3.8) is 0 Å². The zero-order valence-electron chi connectivity index (χ0n) is 8.17. The maximum absolute atomic E-state index is 10.5. The van der Waals surface area contributed by atoms with Gasteiger partial charge in [-0.2, -0.15) is 5.10 Å². The molecule has 4 heteroatoms. The van der Waals surface area contributed by atoms with Crippen molar-refractivity contribution in [2.45, 2.75) is 26.7 Å². The predicted octanol–water partition coefficient (Wildman–Crippen LogP) is 0.925. The fourth-order valence-electron chi connectivity index (χ4n) is 1.25. The van der Waals surface area contributed by atoms with Crippen LogP contribution in [0, 0.1) is 5.41 Å². The number of carbonyl (C=O) groups excluding carboxylic acids is 1. The molecule has 1 rings (SSSR count). The van der Waals surface area contributed by atoms with Crippen LogP contribution in [0.1, 0.15) is 26.7 Å². The first kappa shape index (κ1) is 10.2. The third-order valence-corrected chi connectivity index (χ3v) is 2.23. The molecule has 0 spiro atoms. The van der Waals surface area contributed by atoms with Gasteiger partial charge in [-0.05, 0) is 12.8 Å². The van der Waals surface area contributed by atoms with Crippen LogP contribution in [-0.4, -0.2) is 25.3 Å². The minimum absolute atomic E-state index is 0.0840. The zero-order chi connectivity index (χ0) is 9.73. The second-order valence-electron chi connectivity index (χ2n) is 3.69. The van der Waals surface area contributed by atoms with Gasteiger partial charge in [0.05, 0.1) is 0 Å². The Balaban J connectivity index is 2.40. The third kappa shape index (κ3) is 3.55. The Bertz CT molecular complexity index is 208. The van der Waals surface area contributed by atoms with Gasteiger partial charge in [-0.15, -0.1) is 0 Å². The molecule has 1 amide bonds. The van der Waals surface area contributed by atoms with Gasteiger partial charge in [-0.1, -0.05) is 6.92 Å². The fourth-order valence-corrected chi connectivity index (χ4v) is 1.25. The molecule has 1 fully saturated rings. The molecular formula is C9H16N2O2. The van der Waals surface area contributed by atoms with Crippen molar-refractivity contribution < 1.29 is 9.53 Å².